The summed E-state index contributed by atoms with van der Waals surface area (Å²) in [7, 11) is 0. The number of hydrogen-bond acceptors (Lipinski definition) is 3. The van der Waals surface area contributed by atoms with Crippen LogP contribution in [-0.4, -0.2) is 5.91 Å². The average molecular weight is 473 g/mol. The Morgan fingerprint density at radius 2 is 1.76 bits per heavy atom. The molecular formula is C27H18Cl2N2O2. The summed E-state index contributed by atoms with van der Waals surface area (Å²) in [6.07, 6.45) is 1.47. The number of rotatable bonds is 6. The van der Waals surface area contributed by atoms with E-state index in [0.717, 1.165) is 10.9 Å². The second-order valence-corrected chi connectivity index (χ2v) is 8.14. The molecule has 4 aromatic rings. The Hall–Kier alpha value is -3.78. The Bertz CT molecular complexity index is 1410. The summed E-state index contributed by atoms with van der Waals surface area (Å²) in [5, 5.41) is 15.3. The van der Waals surface area contributed by atoms with Gasteiger partial charge in [-0.2, -0.15) is 5.26 Å². The molecule has 0 saturated carbocycles. The molecule has 33 heavy (non-hydrogen) atoms. The van der Waals surface area contributed by atoms with Gasteiger partial charge in [-0.15, -0.1) is 0 Å². The molecule has 0 atom stereocenters. The zero-order valence-corrected chi connectivity index (χ0v) is 18.9. The summed E-state index contributed by atoms with van der Waals surface area (Å²) in [6, 6.07) is 28.0. The van der Waals surface area contributed by atoms with Crippen molar-refractivity contribution in [3.63, 3.8) is 0 Å². The van der Waals surface area contributed by atoms with E-state index in [1.54, 1.807) is 42.5 Å². The first-order chi connectivity index (χ1) is 16.0. The summed E-state index contributed by atoms with van der Waals surface area (Å²) in [5.74, 6) is -0.0172. The van der Waals surface area contributed by atoms with Crippen LogP contribution in [0, 0.1) is 11.3 Å². The molecule has 0 bridgehead atoms. The Kier molecular flexibility index (Phi) is 6.95. The minimum Gasteiger partial charge on any atom is -0.487 e. The van der Waals surface area contributed by atoms with E-state index in [-0.39, 0.29) is 5.57 Å². The van der Waals surface area contributed by atoms with Crippen LogP contribution in [0.4, 0.5) is 5.69 Å². The second kappa shape index (κ2) is 10.2. The molecule has 0 aliphatic rings. The average Bonchev–Trinajstić information content (AvgIpc) is 2.81. The Morgan fingerprint density at radius 3 is 2.52 bits per heavy atom. The van der Waals surface area contributed by atoms with Crippen LogP contribution in [0.2, 0.25) is 10.0 Å². The third kappa shape index (κ3) is 5.72. The van der Waals surface area contributed by atoms with E-state index in [1.165, 1.54) is 11.5 Å². The van der Waals surface area contributed by atoms with Gasteiger partial charge < -0.3 is 10.1 Å². The number of nitrogens with one attached hydrogen (secondary N) is 1. The molecule has 0 unspecified atom stereocenters. The van der Waals surface area contributed by atoms with Gasteiger partial charge in [-0.05, 0) is 64.4 Å². The van der Waals surface area contributed by atoms with Gasteiger partial charge in [-0.1, -0.05) is 71.7 Å². The van der Waals surface area contributed by atoms with Crippen LogP contribution >= 0.6 is 23.2 Å². The van der Waals surface area contributed by atoms with E-state index in [9.17, 15) is 10.1 Å². The van der Waals surface area contributed by atoms with Crippen LogP contribution in [0.25, 0.3) is 16.8 Å². The van der Waals surface area contributed by atoms with Crippen molar-refractivity contribution in [3.05, 3.63) is 112 Å². The lowest BCUT2D eigenvalue weighted by atomic mass is 10.1. The van der Waals surface area contributed by atoms with Crippen LogP contribution in [0.3, 0.4) is 0 Å². The van der Waals surface area contributed by atoms with E-state index in [4.69, 9.17) is 27.9 Å². The maximum Gasteiger partial charge on any atom is 0.266 e. The van der Waals surface area contributed by atoms with E-state index >= 15 is 0 Å². The Labute approximate surface area is 201 Å². The number of carbonyl (C=O) groups is 1. The van der Waals surface area contributed by atoms with Crippen LogP contribution < -0.4 is 10.1 Å². The molecule has 4 nitrogen and oxygen atoms in total. The quantitative estimate of drug-likeness (QED) is 0.237. The lowest BCUT2D eigenvalue weighted by molar-refractivity contribution is -0.112. The van der Waals surface area contributed by atoms with Gasteiger partial charge in [0, 0.05) is 10.7 Å². The number of benzene rings is 4. The fourth-order valence-electron chi connectivity index (χ4n) is 3.29. The lowest BCUT2D eigenvalue weighted by Crippen LogP contribution is -2.13. The number of nitrogens with zero attached hydrogens (tertiary/aromatic N) is 1. The van der Waals surface area contributed by atoms with E-state index in [2.05, 4.69) is 29.6 Å². The molecule has 6 heteroatoms. The topological polar surface area (TPSA) is 62.1 Å². The largest absolute Gasteiger partial charge is 0.487 e. The summed E-state index contributed by atoms with van der Waals surface area (Å²) in [5.41, 5.74) is 2.08. The number of fused-ring (bicyclic) bond motifs is 1. The van der Waals surface area contributed by atoms with Crippen molar-refractivity contribution in [1.29, 1.82) is 5.26 Å². The lowest BCUT2D eigenvalue weighted by Gasteiger charge is -2.10. The molecule has 0 aromatic heterocycles. The van der Waals surface area contributed by atoms with Crippen molar-refractivity contribution >= 4 is 51.6 Å². The highest BCUT2D eigenvalue weighted by Gasteiger charge is 2.11. The highest BCUT2D eigenvalue weighted by atomic mass is 35.5. The molecule has 1 amide bonds. The Balaban J connectivity index is 1.45. The van der Waals surface area contributed by atoms with Crippen LogP contribution in [-0.2, 0) is 11.4 Å². The first kappa shape index (κ1) is 22.4. The maximum absolute atomic E-state index is 12.5. The first-order valence-corrected chi connectivity index (χ1v) is 10.9. The number of carbonyl (C=O) groups excluding carboxylic acids is 1. The predicted molar refractivity (Wildman–Crippen MR) is 133 cm³/mol. The third-order valence-corrected chi connectivity index (χ3v) is 5.45. The highest BCUT2D eigenvalue weighted by molar-refractivity contribution is 6.32. The number of amides is 1. The van der Waals surface area contributed by atoms with Crippen LogP contribution in [0.5, 0.6) is 5.75 Å². The van der Waals surface area contributed by atoms with Crippen molar-refractivity contribution in [3.8, 4) is 11.8 Å². The molecule has 0 aliphatic carbocycles. The molecule has 162 valence electrons. The fraction of sp³-hybridized carbons (Fsp3) is 0.0370. The van der Waals surface area contributed by atoms with Gasteiger partial charge in [0.05, 0.1) is 5.02 Å². The predicted octanol–water partition coefficient (Wildman–Crippen LogP) is 7.27. The zero-order valence-electron chi connectivity index (χ0n) is 17.4. The second-order valence-electron chi connectivity index (χ2n) is 7.29. The highest BCUT2D eigenvalue weighted by Crippen LogP contribution is 2.28. The maximum atomic E-state index is 12.5. The summed E-state index contributed by atoms with van der Waals surface area (Å²) in [6.45, 7) is 0.366. The van der Waals surface area contributed by atoms with Gasteiger partial charge in [0.1, 0.15) is 24.0 Å². The Morgan fingerprint density at radius 1 is 0.939 bits per heavy atom. The molecule has 4 aromatic carbocycles. The smallest absolute Gasteiger partial charge is 0.266 e. The minimum atomic E-state index is -0.535. The monoisotopic (exact) mass is 472 g/mol. The standard InChI is InChI=1S/C27H18Cl2N2O2/c28-23-6-3-7-24(15-23)31-27(32)22(16-30)12-18-9-11-26(25(29)14-18)33-17-19-8-10-20-4-1-2-5-21(20)13-19/h1-15H,17H2,(H,31,32)/b22-12+. The van der Waals surface area contributed by atoms with Crippen molar-refractivity contribution in [2.75, 3.05) is 5.32 Å². The summed E-state index contributed by atoms with van der Waals surface area (Å²) in [4.78, 5) is 12.5. The van der Waals surface area contributed by atoms with E-state index in [1.807, 2.05) is 24.3 Å². The molecule has 0 radical (unpaired) electrons. The zero-order chi connectivity index (χ0) is 23.2. The number of ether oxygens (including phenoxy) is 1. The van der Waals surface area contributed by atoms with Gasteiger partial charge >= 0.3 is 0 Å². The van der Waals surface area contributed by atoms with Gasteiger partial charge in [0.2, 0.25) is 0 Å². The third-order valence-electron chi connectivity index (χ3n) is 4.92. The van der Waals surface area contributed by atoms with Crippen molar-refractivity contribution in [2.45, 2.75) is 6.61 Å². The molecule has 1 N–H and O–H groups in total. The molecule has 0 spiro atoms. The number of anilines is 1. The first-order valence-electron chi connectivity index (χ1n) is 10.1. The normalized spacial score (nSPS) is 11.1. The molecule has 0 saturated heterocycles. The summed E-state index contributed by atoms with van der Waals surface area (Å²) < 4.78 is 5.89. The molecule has 0 heterocycles. The van der Waals surface area contributed by atoms with Gasteiger partial charge in [0.15, 0.2) is 0 Å². The van der Waals surface area contributed by atoms with Gasteiger partial charge in [-0.3, -0.25) is 4.79 Å². The fourth-order valence-corrected chi connectivity index (χ4v) is 3.73. The summed E-state index contributed by atoms with van der Waals surface area (Å²) >= 11 is 12.3. The van der Waals surface area contributed by atoms with Crippen molar-refractivity contribution < 1.29 is 9.53 Å². The van der Waals surface area contributed by atoms with Gasteiger partial charge in [-0.25, -0.2) is 0 Å². The van der Waals surface area contributed by atoms with Crippen molar-refractivity contribution in [1.82, 2.24) is 0 Å². The molecule has 4 rings (SSSR count). The number of nitriles is 1. The van der Waals surface area contributed by atoms with Gasteiger partial charge in [0.25, 0.3) is 5.91 Å². The number of hydrogen-bond donors (Lipinski definition) is 1. The molecule has 0 aliphatic heterocycles. The SMILES string of the molecule is N#C/C(=C\c1ccc(OCc2ccc3ccccc3c2)c(Cl)c1)C(=O)Nc1cccc(Cl)c1. The minimum absolute atomic E-state index is 0.0594. The molecular weight excluding hydrogens is 455 g/mol. The number of halogens is 2. The van der Waals surface area contributed by atoms with E-state index in [0.29, 0.717) is 33.7 Å². The van der Waals surface area contributed by atoms with Crippen LogP contribution in [0.15, 0.2) is 90.5 Å². The van der Waals surface area contributed by atoms with E-state index < -0.39 is 5.91 Å². The molecule has 0 fully saturated rings. The van der Waals surface area contributed by atoms with Crippen LogP contribution in [0.1, 0.15) is 11.1 Å². The van der Waals surface area contributed by atoms with Crippen molar-refractivity contribution in [2.24, 2.45) is 0 Å².